The number of pyridine rings is 1. The normalized spacial score (nSPS) is 18.2. The van der Waals surface area contributed by atoms with E-state index in [0.717, 1.165) is 36.4 Å². The van der Waals surface area contributed by atoms with Gasteiger partial charge in [0.2, 0.25) is 0 Å². The van der Waals surface area contributed by atoms with Crippen molar-refractivity contribution in [2.24, 2.45) is 0 Å². The number of rotatable bonds is 3. The van der Waals surface area contributed by atoms with Gasteiger partial charge in [0, 0.05) is 12.7 Å². The first kappa shape index (κ1) is 16.6. The average Bonchev–Trinajstić information content (AvgIpc) is 3.28. The number of fused-ring (bicyclic) bond motifs is 1. The van der Waals surface area contributed by atoms with Crippen LogP contribution in [0.15, 0.2) is 48.7 Å². The third-order valence-corrected chi connectivity index (χ3v) is 5.15. The summed E-state index contributed by atoms with van der Waals surface area (Å²) in [7, 11) is 0. The van der Waals surface area contributed by atoms with Crippen LogP contribution < -0.4 is 5.32 Å². The van der Waals surface area contributed by atoms with Gasteiger partial charge in [-0.2, -0.15) is 0 Å². The van der Waals surface area contributed by atoms with Crippen molar-refractivity contribution in [3.8, 4) is 0 Å². The van der Waals surface area contributed by atoms with Gasteiger partial charge < -0.3 is 10.2 Å². The number of likely N-dealkylation sites (tertiary alicyclic amines) is 1. The van der Waals surface area contributed by atoms with E-state index in [0.29, 0.717) is 0 Å². The fraction of sp³-hybridized carbons (Fsp3) is 0.350. The van der Waals surface area contributed by atoms with E-state index in [2.05, 4.69) is 34.6 Å². The van der Waals surface area contributed by atoms with Gasteiger partial charge in [-0.25, -0.2) is 4.79 Å². The molecule has 0 bridgehead atoms. The van der Waals surface area contributed by atoms with Crippen molar-refractivity contribution >= 4 is 11.7 Å². The molecule has 0 saturated carbocycles. The molecule has 1 aromatic carbocycles. The summed E-state index contributed by atoms with van der Waals surface area (Å²) in [6, 6.07) is 13.8. The number of amides is 2. The Hall–Kier alpha value is -2.89. The van der Waals surface area contributed by atoms with Gasteiger partial charge in [-0.05, 0) is 49.9 Å². The summed E-state index contributed by atoms with van der Waals surface area (Å²) in [5.74, 6) is 0.830. The van der Waals surface area contributed by atoms with Gasteiger partial charge in [-0.15, -0.1) is 10.2 Å². The SMILES string of the molecule is Cc1ccccc1[C@H](C)NC(=O)N1CCC[C@H]1c1nnc2ccccn12. The van der Waals surface area contributed by atoms with Gasteiger partial charge in [0.1, 0.15) is 0 Å². The lowest BCUT2D eigenvalue weighted by Gasteiger charge is -2.26. The van der Waals surface area contributed by atoms with Crippen molar-refractivity contribution < 1.29 is 4.79 Å². The zero-order valence-corrected chi connectivity index (χ0v) is 15.1. The number of nitrogens with one attached hydrogen (secondary N) is 1. The minimum Gasteiger partial charge on any atom is -0.331 e. The average molecular weight is 349 g/mol. The van der Waals surface area contributed by atoms with Crippen molar-refractivity contribution in [2.75, 3.05) is 6.54 Å². The van der Waals surface area contributed by atoms with Crippen molar-refractivity contribution in [1.29, 1.82) is 0 Å². The Balaban J connectivity index is 1.55. The summed E-state index contributed by atoms with van der Waals surface area (Å²) in [5.41, 5.74) is 3.13. The van der Waals surface area contributed by atoms with Crippen LogP contribution in [-0.2, 0) is 0 Å². The van der Waals surface area contributed by atoms with Crippen molar-refractivity contribution in [3.63, 3.8) is 0 Å². The number of nitrogens with zero attached hydrogens (tertiary/aromatic N) is 4. The number of aromatic nitrogens is 3. The molecule has 0 radical (unpaired) electrons. The molecule has 2 aromatic heterocycles. The fourth-order valence-electron chi connectivity index (χ4n) is 3.78. The zero-order chi connectivity index (χ0) is 18.1. The maximum Gasteiger partial charge on any atom is 0.318 e. The number of urea groups is 1. The Kier molecular flexibility index (Phi) is 4.32. The molecule has 4 rings (SSSR count). The Morgan fingerprint density at radius 1 is 1.19 bits per heavy atom. The van der Waals surface area contributed by atoms with Gasteiger partial charge in [0.05, 0.1) is 12.1 Å². The molecule has 0 unspecified atom stereocenters. The summed E-state index contributed by atoms with van der Waals surface area (Å²) in [6.07, 6.45) is 3.83. The number of hydrogen-bond acceptors (Lipinski definition) is 3. The highest BCUT2D eigenvalue weighted by atomic mass is 16.2. The van der Waals surface area contributed by atoms with Crippen molar-refractivity contribution in [2.45, 2.75) is 38.8 Å². The summed E-state index contributed by atoms with van der Waals surface area (Å²) in [4.78, 5) is 14.8. The molecule has 134 valence electrons. The summed E-state index contributed by atoms with van der Waals surface area (Å²) < 4.78 is 1.97. The second-order valence-electron chi connectivity index (χ2n) is 6.87. The van der Waals surface area contributed by atoms with Crippen LogP contribution in [0.5, 0.6) is 0 Å². The van der Waals surface area contributed by atoms with Gasteiger partial charge in [-0.1, -0.05) is 30.3 Å². The molecule has 3 aromatic rings. The van der Waals surface area contributed by atoms with Crippen LogP contribution in [0.25, 0.3) is 5.65 Å². The Labute approximate surface area is 152 Å². The van der Waals surface area contributed by atoms with Crippen LogP contribution >= 0.6 is 0 Å². The topological polar surface area (TPSA) is 62.5 Å². The number of carbonyl (C=O) groups is 1. The molecule has 2 amide bonds. The minimum absolute atomic E-state index is 0.0416. The van der Waals surface area contributed by atoms with E-state index in [9.17, 15) is 4.79 Å². The highest BCUT2D eigenvalue weighted by Crippen LogP contribution is 2.31. The molecule has 0 spiro atoms. The van der Waals surface area contributed by atoms with Crippen molar-refractivity contribution in [1.82, 2.24) is 24.8 Å². The molecule has 1 aliphatic heterocycles. The Bertz CT molecular complexity index is 935. The van der Waals surface area contributed by atoms with E-state index < -0.39 is 0 Å². The Morgan fingerprint density at radius 3 is 2.85 bits per heavy atom. The first-order chi connectivity index (χ1) is 12.6. The molecule has 1 aliphatic rings. The van der Waals surface area contributed by atoms with Crippen LogP contribution in [0.2, 0.25) is 0 Å². The number of benzene rings is 1. The largest absolute Gasteiger partial charge is 0.331 e. The highest BCUT2D eigenvalue weighted by molar-refractivity contribution is 5.75. The molecule has 1 saturated heterocycles. The maximum atomic E-state index is 12.9. The molecule has 6 heteroatoms. The van der Waals surface area contributed by atoms with Gasteiger partial charge in [0.15, 0.2) is 11.5 Å². The Morgan fingerprint density at radius 2 is 2.00 bits per heavy atom. The third-order valence-electron chi connectivity index (χ3n) is 5.15. The molecule has 0 aliphatic carbocycles. The van der Waals surface area contributed by atoms with E-state index in [1.165, 1.54) is 5.56 Å². The molecule has 1 fully saturated rings. The third kappa shape index (κ3) is 2.92. The lowest BCUT2D eigenvalue weighted by atomic mass is 10.0. The maximum absolute atomic E-state index is 12.9. The standard InChI is InChI=1S/C20H23N5O/c1-14-8-3-4-9-16(14)15(2)21-20(26)24-13-7-10-17(24)19-23-22-18-11-5-6-12-25(18)19/h3-6,8-9,11-12,15,17H,7,10,13H2,1-2H3,(H,21,26)/t15-,17-/m0/s1. The van der Waals surface area contributed by atoms with Crippen LogP contribution in [-0.4, -0.2) is 32.1 Å². The van der Waals surface area contributed by atoms with E-state index in [1.54, 1.807) is 0 Å². The molecular formula is C20H23N5O. The lowest BCUT2D eigenvalue weighted by molar-refractivity contribution is 0.187. The van der Waals surface area contributed by atoms with E-state index in [1.807, 2.05) is 52.8 Å². The molecule has 2 atom stereocenters. The molecule has 3 heterocycles. The molecule has 26 heavy (non-hydrogen) atoms. The lowest BCUT2D eigenvalue weighted by Crippen LogP contribution is -2.41. The first-order valence-electron chi connectivity index (χ1n) is 9.07. The predicted octanol–water partition coefficient (Wildman–Crippen LogP) is 3.65. The van der Waals surface area contributed by atoms with Gasteiger partial charge in [0.25, 0.3) is 0 Å². The van der Waals surface area contributed by atoms with Crippen LogP contribution in [0.4, 0.5) is 4.79 Å². The second-order valence-corrected chi connectivity index (χ2v) is 6.87. The van der Waals surface area contributed by atoms with E-state index in [-0.39, 0.29) is 18.1 Å². The van der Waals surface area contributed by atoms with Crippen molar-refractivity contribution in [3.05, 3.63) is 65.6 Å². The highest BCUT2D eigenvalue weighted by Gasteiger charge is 2.33. The van der Waals surface area contributed by atoms with Gasteiger partial charge >= 0.3 is 6.03 Å². The monoisotopic (exact) mass is 349 g/mol. The number of carbonyl (C=O) groups excluding carboxylic acids is 1. The van der Waals surface area contributed by atoms with Gasteiger partial charge in [-0.3, -0.25) is 4.40 Å². The summed E-state index contributed by atoms with van der Waals surface area (Å²) in [5, 5.41) is 11.7. The van der Waals surface area contributed by atoms with E-state index >= 15 is 0 Å². The summed E-state index contributed by atoms with van der Waals surface area (Å²) >= 11 is 0. The molecular weight excluding hydrogens is 326 g/mol. The van der Waals surface area contributed by atoms with Crippen LogP contribution in [0.3, 0.4) is 0 Å². The fourth-order valence-corrected chi connectivity index (χ4v) is 3.78. The zero-order valence-electron chi connectivity index (χ0n) is 15.1. The molecule has 1 N–H and O–H groups in total. The number of hydrogen-bond donors (Lipinski definition) is 1. The molecule has 6 nitrogen and oxygen atoms in total. The smallest absolute Gasteiger partial charge is 0.318 e. The van der Waals surface area contributed by atoms with Crippen LogP contribution in [0, 0.1) is 6.92 Å². The van der Waals surface area contributed by atoms with E-state index in [4.69, 9.17) is 0 Å². The summed E-state index contributed by atoms with van der Waals surface area (Å²) in [6.45, 7) is 4.83. The predicted molar refractivity (Wildman–Crippen MR) is 99.8 cm³/mol. The minimum atomic E-state index is -0.0454. The quantitative estimate of drug-likeness (QED) is 0.785. The first-order valence-corrected chi connectivity index (χ1v) is 9.07. The van der Waals surface area contributed by atoms with Crippen LogP contribution in [0.1, 0.15) is 48.8 Å². The second kappa shape index (κ2) is 6.78. The number of aryl methyl sites for hydroxylation is 1.